The van der Waals surface area contributed by atoms with Crippen LogP contribution >= 0.6 is 207 Å². The van der Waals surface area contributed by atoms with Crippen LogP contribution in [-0.4, -0.2) is 2.14 Å². The SMILES string of the molecule is Brc1cccc(C(Br)(Br)C(Br)(c2c(Br)c(Br)c(Br)c(Br)c2Br)C(Br)(Br)Br)c1Br. The molecule has 0 saturated heterocycles. The lowest BCUT2D eigenvalue weighted by Crippen LogP contribution is -2.46. The van der Waals surface area contributed by atoms with Gasteiger partial charge in [-0.1, -0.05) is 108 Å². The first kappa shape index (κ1) is 28.9. The van der Waals surface area contributed by atoms with Crippen molar-refractivity contribution in [2.75, 3.05) is 0 Å². The highest BCUT2D eigenvalue weighted by atomic mass is 80.0. The lowest BCUT2D eigenvalue weighted by molar-refractivity contribution is 0.637. The third-order valence-electron chi connectivity index (χ3n) is 3.67. The summed E-state index contributed by atoms with van der Waals surface area (Å²) >= 11 is 49.0. The quantitative estimate of drug-likeness (QED) is 0.163. The summed E-state index contributed by atoms with van der Waals surface area (Å²) < 4.78 is 3.68. The maximum Gasteiger partial charge on any atom is 0.156 e. The highest BCUT2D eigenvalue weighted by Gasteiger charge is 2.62. The van der Waals surface area contributed by atoms with Gasteiger partial charge in [-0.05, 0) is 123 Å². The van der Waals surface area contributed by atoms with Gasteiger partial charge in [0.05, 0.1) is 0 Å². The Morgan fingerprint density at radius 2 is 0.964 bits per heavy atom. The van der Waals surface area contributed by atoms with E-state index in [1.807, 2.05) is 18.2 Å². The van der Waals surface area contributed by atoms with Gasteiger partial charge in [-0.15, -0.1) is 0 Å². The second-order valence-electron chi connectivity index (χ2n) is 5.28. The maximum absolute atomic E-state index is 4.04. The van der Waals surface area contributed by atoms with Crippen molar-refractivity contribution in [2.45, 2.75) is 9.70 Å². The Hall–Kier alpha value is 4.68. The van der Waals surface area contributed by atoms with Crippen molar-refractivity contribution in [3.05, 3.63) is 60.6 Å². The van der Waals surface area contributed by atoms with Crippen molar-refractivity contribution in [1.82, 2.24) is 0 Å². The second-order valence-corrected chi connectivity index (χ2v) is 22.3. The predicted octanol–water partition coefficient (Wildman–Crippen LogP) is 13.1. The molecule has 2 rings (SSSR count). The molecule has 2 aromatic rings. The van der Waals surface area contributed by atoms with Gasteiger partial charge < -0.3 is 0 Å². The number of alkyl halides is 6. The maximum atomic E-state index is 4.04. The van der Waals surface area contributed by atoms with E-state index in [9.17, 15) is 0 Å². The molecule has 13 heteroatoms. The molecule has 1 atom stereocenters. The minimum Gasteiger partial charge on any atom is -0.0737 e. The van der Waals surface area contributed by atoms with Crippen molar-refractivity contribution in [1.29, 1.82) is 0 Å². The summed E-state index contributed by atoms with van der Waals surface area (Å²) in [5.41, 5.74) is 1.86. The summed E-state index contributed by atoms with van der Waals surface area (Å²) in [7, 11) is 0. The number of hydrogen-bond donors (Lipinski definition) is 0. The van der Waals surface area contributed by atoms with Crippen LogP contribution in [-0.2, 0) is 7.56 Å². The Balaban J connectivity index is 3.02. The van der Waals surface area contributed by atoms with Gasteiger partial charge in [-0.3, -0.25) is 0 Å². The average molecular weight is 1220 g/mol. The van der Waals surface area contributed by atoms with Crippen LogP contribution in [0.15, 0.2) is 49.5 Å². The molecule has 0 bridgehead atoms. The zero-order chi connectivity index (χ0) is 21.8. The number of rotatable bonds is 3. The highest BCUT2D eigenvalue weighted by molar-refractivity contribution is 9.40. The van der Waals surface area contributed by atoms with E-state index in [2.05, 4.69) is 207 Å². The fourth-order valence-electron chi connectivity index (χ4n) is 2.32. The minimum absolute atomic E-state index is 0.799. The van der Waals surface area contributed by atoms with Crippen molar-refractivity contribution in [3.63, 3.8) is 0 Å². The summed E-state index contributed by atoms with van der Waals surface area (Å²) in [4.78, 5) is 0. The third kappa shape index (κ3) is 5.12. The molecular weight excluding hydrogens is 1220 g/mol. The standard InChI is InChI=1S/C15H3Br13/c16-5-3-1-2-4(7(5)17)14(24,25)13(23,15(26,27)28)6-8(18)10(20)12(22)11(21)9(6)19/h1-3H. The molecule has 154 valence electrons. The molecule has 0 nitrogen and oxygen atoms in total. The predicted molar refractivity (Wildman–Crippen MR) is 166 cm³/mol. The molecule has 0 aliphatic rings. The molecule has 0 spiro atoms. The first-order valence-electron chi connectivity index (χ1n) is 6.70. The molecule has 0 aromatic heterocycles. The summed E-state index contributed by atoms with van der Waals surface area (Å²) in [6.07, 6.45) is 0. The van der Waals surface area contributed by atoms with Gasteiger partial charge in [0.1, 0.15) is 7.56 Å². The van der Waals surface area contributed by atoms with Crippen LogP contribution in [0, 0.1) is 0 Å². The van der Waals surface area contributed by atoms with Crippen molar-refractivity contribution in [3.8, 4) is 0 Å². The molecular formula is C15H3Br13. The number of halogens is 13. The molecule has 0 saturated carbocycles. The van der Waals surface area contributed by atoms with Crippen molar-refractivity contribution >= 4 is 207 Å². The van der Waals surface area contributed by atoms with E-state index in [0.717, 1.165) is 42.4 Å². The van der Waals surface area contributed by atoms with E-state index in [-0.39, 0.29) is 0 Å². The Labute approximate surface area is 272 Å². The molecule has 0 N–H and O–H groups in total. The second kappa shape index (κ2) is 10.7. The lowest BCUT2D eigenvalue weighted by atomic mass is 9.92. The van der Waals surface area contributed by atoms with Crippen LogP contribution in [0.3, 0.4) is 0 Å². The fraction of sp³-hybridized carbons (Fsp3) is 0.200. The molecule has 0 amide bonds. The van der Waals surface area contributed by atoms with Crippen LogP contribution in [0.4, 0.5) is 0 Å². The van der Waals surface area contributed by atoms with Gasteiger partial charge >= 0.3 is 0 Å². The largest absolute Gasteiger partial charge is 0.156 e. The summed E-state index contributed by atoms with van der Waals surface area (Å²) in [6, 6.07) is 5.98. The average Bonchev–Trinajstić information content (AvgIpc) is 2.59. The lowest BCUT2D eigenvalue weighted by Gasteiger charge is -2.47. The summed E-state index contributed by atoms with van der Waals surface area (Å²) in [5.74, 6) is 0. The van der Waals surface area contributed by atoms with Crippen LogP contribution in [0.5, 0.6) is 0 Å². The topological polar surface area (TPSA) is 0 Å². The first-order valence-corrected chi connectivity index (χ1v) is 17.0. The van der Waals surface area contributed by atoms with Gasteiger partial charge in [-0.2, -0.15) is 0 Å². The first-order chi connectivity index (χ1) is 12.6. The zero-order valence-electron chi connectivity index (χ0n) is 12.6. The monoisotopic (exact) mass is 1210 g/mol. The summed E-state index contributed by atoms with van der Waals surface area (Å²) in [5, 5.41) is 0. The molecule has 0 fully saturated rings. The molecule has 28 heavy (non-hydrogen) atoms. The van der Waals surface area contributed by atoms with Crippen LogP contribution in [0.1, 0.15) is 11.1 Å². The normalized spacial score (nSPS) is 14.9. The molecule has 0 heterocycles. The van der Waals surface area contributed by atoms with Gasteiger partial charge in [-0.25, -0.2) is 0 Å². The number of benzene rings is 2. The molecule has 0 aliphatic carbocycles. The van der Waals surface area contributed by atoms with Crippen LogP contribution < -0.4 is 0 Å². The number of hydrogen-bond acceptors (Lipinski definition) is 0. The van der Waals surface area contributed by atoms with Gasteiger partial charge in [0.25, 0.3) is 0 Å². The van der Waals surface area contributed by atoms with E-state index in [1.54, 1.807) is 0 Å². The molecule has 0 radical (unpaired) electrons. The van der Waals surface area contributed by atoms with Crippen LogP contribution in [0.2, 0.25) is 0 Å². The minimum atomic E-state index is -0.861. The van der Waals surface area contributed by atoms with Crippen molar-refractivity contribution < 1.29 is 0 Å². The fourth-order valence-corrected chi connectivity index (χ4v) is 13.3. The summed E-state index contributed by atoms with van der Waals surface area (Å²) in [6.45, 7) is 0. The smallest absolute Gasteiger partial charge is 0.0737 e. The van der Waals surface area contributed by atoms with Gasteiger partial charge in [0.15, 0.2) is 2.14 Å². The Morgan fingerprint density at radius 3 is 1.39 bits per heavy atom. The van der Waals surface area contributed by atoms with E-state index in [1.165, 1.54) is 0 Å². The Morgan fingerprint density at radius 1 is 0.536 bits per heavy atom. The Bertz CT molecular complexity index is 902. The van der Waals surface area contributed by atoms with Crippen molar-refractivity contribution in [2.24, 2.45) is 0 Å². The van der Waals surface area contributed by atoms with Gasteiger partial charge in [0.2, 0.25) is 0 Å². The van der Waals surface area contributed by atoms with E-state index < -0.39 is 9.70 Å². The van der Waals surface area contributed by atoms with E-state index in [4.69, 9.17) is 0 Å². The van der Waals surface area contributed by atoms with E-state index in [0.29, 0.717) is 0 Å². The molecule has 1 unspecified atom stereocenters. The van der Waals surface area contributed by atoms with Gasteiger partial charge in [0, 0.05) is 36.9 Å². The van der Waals surface area contributed by atoms with E-state index >= 15 is 0 Å². The third-order valence-corrected chi connectivity index (χ3v) is 19.9. The highest BCUT2D eigenvalue weighted by Crippen LogP contribution is 2.71. The Kier molecular flexibility index (Phi) is 11.1. The van der Waals surface area contributed by atoms with Crippen LogP contribution in [0.25, 0.3) is 0 Å². The zero-order valence-corrected chi connectivity index (χ0v) is 33.3. The molecule has 2 aromatic carbocycles. The molecule has 0 aliphatic heterocycles.